The average Bonchev–Trinajstić information content (AvgIpc) is 3.41. The molecule has 1 aliphatic heterocycles. The number of para-hydroxylation sites is 2. The molecule has 1 aromatic carbocycles. The maximum absolute atomic E-state index is 13.4. The second-order valence-corrected chi connectivity index (χ2v) is 10.5. The van der Waals surface area contributed by atoms with Gasteiger partial charge < -0.3 is 24.2 Å². The zero-order valence-corrected chi connectivity index (χ0v) is 22.0. The van der Waals surface area contributed by atoms with Crippen LogP contribution in [-0.2, 0) is 25.4 Å². The van der Waals surface area contributed by atoms with Gasteiger partial charge in [0.2, 0.25) is 5.91 Å². The van der Waals surface area contributed by atoms with Crippen LogP contribution >= 0.6 is 0 Å². The predicted octanol–water partition coefficient (Wildman–Crippen LogP) is 0.458. The summed E-state index contributed by atoms with van der Waals surface area (Å²) in [6, 6.07) is 7.10. The van der Waals surface area contributed by atoms with Crippen molar-refractivity contribution in [3.8, 4) is 0 Å². The van der Waals surface area contributed by atoms with Crippen LogP contribution in [0.4, 0.5) is 0 Å². The number of fused-ring (bicyclic) bond motifs is 2. The van der Waals surface area contributed by atoms with Gasteiger partial charge in [0.05, 0.1) is 35.1 Å². The molecule has 12 heteroatoms. The van der Waals surface area contributed by atoms with E-state index in [9.17, 15) is 24.6 Å². The molecule has 3 atom stereocenters. The van der Waals surface area contributed by atoms with E-state index < -0.39 is 29.0 Å². The number of benzene rings is 1. The lowest BCUT2D eigenvalue weighted by Crippen LogP contribution is -2.44. The first-order chi connectivity index (χ1) is 18.0. The third kappa shape index (κ3) is 4.33. The highest BCUT2D eigenvalue weighted by molar-refractivity contribution is 5.77. The van der Waals surface area contributed by atoms with Gasteiger partial charge in [0, 0.05) is 46.6 Å². The molecule has 0 radical (unpaired) electrons. The first-order valence-electron chi connectivity index (χ1n) is 12.7. The molecule has 4 aromatic rings. The van der Waals surface area contributed by atoms with Crippen molar-refractivity contribution < 1.29 is 15.0 Å². The van der Waals surface area contributed by atoms with E-state index in [2.05, 4.69) is 14.5 Å². The number of aliphatic hydroxyl groups is 2. The second kappa shape index (κ2) is 9.52. The van der Waals surface area contributed by atoms with Crippen molar-refractivity contribution in [3.05, 3.63) is 57.3 Å². The predicted molar refractivity (Wildman–Crippen MR) is 141 cm³/mol. The standard InChI is InChI=1S/C26H33N7O5/c1-16-28-18-8-5-6-9-19(18)32(16)11-7-10-21(35)31-13-17(34)12-26(2,38)20(14-31)33-15-27-23-22(33)24(36)30(4)25(37)29(23)3/h5-6,8-9,15,17,20,34,38H,7,10-14H2,1-4H3/t17-,20+,26+/m0/s1. The van der Waals surface area contributed by atoms with E-state index in [1.807, 2.05) is 31.2 Å². The van der Waals surface area contributed by atoms with Crippen LogP contribution in [-0.4, -0.2) is 74.1 Å². The number of imidazole rings is 2. The van der Waals surface area contributed by atoms with Gasteiger partial charge in [0.1, 0.15) is 5.82 Å². The summed E-state index contributed by atoms with van der Waals surface area (Å²) in [6.07, 6.45) is 1.30. The average molecular weight is 524 g/mol. The van der Waals surface area contributed by atoms with Crippen molar-refractivity contribution >= 4 is 28.1 Å². The largest absolute Gasteiger partial charge is 0.391 e. The zero-order valence-electron chi connectivity index (χ0n) is 22.0. The van der Waals surface area contributed by atoms with Crippen LogP contribution in [0.3, 0.4) is 0 Å². The van der Waals surface area contributed by atoms with Gasteiger partial charge >= 0.3 is 5.69 Å². The van der Waals surface area contributed by atoms with E-state index >= 15 is 0 Å². The molecular formula is C26H33N7O5. The molecule has 2 N–H and O–H groups in total. The Kier molecular flexibility index (Phi) is 6.48. The van der Waals surface area contributed by atoms with E-state index in [0.717, 1.165) is 21.4 Å². The number of carbonyl (C=O) groups is 1. The van der Waals surface area contributed by atoms with E-state index in [-0.39, 0.29) is 43.0 Å². The van der Waals surface area contributed by atoms with Crippen LogP contribution < -0.4 is 11.2 Å². The number of nitrogens with zero attached hydrogens (tertiary/aromatic N) is 7. The molecule has 3 aromatic heterocycles. The van der Waals surface area contributed by atoms with Crippen LogP contribution in [0.15, 0.2) is 40.2 Å². The summed E-state index contributed by atoms with van der Waals surface area (Å²) >= 11 is 0. The molecule has 4 heterocycles. The molecule has 0 bridgehead atoms. The number of amides is 1. The highest BCUT2D eigenvalue weighted by Gasteiger charge is 2.42. The van der Waals surface area contributed by atoms with Crippen LogP contribution in [0.5, 0.6) is 0 Å². The van der Waals surface area contributed by atoms with Gasteiger partial charge in [0.15, 0.2) is 11.2 Å². The van der Waals surface area contributed by atoms with E-state index in [1.165, 1.54) is 29.6 Å². The molecular weight excluding hydrogens is 490 g/mol. The fourth-order valence-electron chi connectivity index (χ4n) is 5.63. The minimum atomic E-state index is -1.45. The quantitative estimate of drug-likeness (QED) is 0.387. The molecule has 5 rings (SSSR count). The fraction of sp³-hybridized carbons (Fsp3) is 0.500. The minimum Gasteiger partial charge on any atom is -0.391 e. The molecule has 1 fully saturated rings. The molecule has 0 aliphatic carbocycles. The van der Waals surface area contributed by atoms with Crippen LogP contribution in [0.2, 0.25) is 0 Å². The number of hydrogen-bond donors (Lipinski definition) is 2. The Morgan fingerprint density at radius 2 is 1.89 bits per heavy atom. The number of aryl methyl sites for hydroxylation is 3. The van der Waals surface area contributed by atoms with Gasteiger partial charge in [-0.05, 0) is 32.4 Å². The Hall–Kier alpha value is -3.77. The number of hydrogen-bond acceptors (Lipinski definition) is 7. The van der Waals surface area contributed by atoms with Crippen LogP contribution in [0.1, 0.15) is 38.1 Å². The lowest BCUT2D eigenvalue weighted by Gasteiger charge is -2.34. The molecule has 202 valence electrons. The Morgan fingerprint density at radius 3 is 2.66 bits per heavy atom. The fourth-order valence-corrected chi connectivity index (χ4v) is 5.63. The Labute approximate surface area is 218 Å². The molecule has 0 saturated carbocycles. The molecule has 1 saturated heterocycles. The summed E-state index contributed by atoms with van der Waals surface area (Å²) in [6.45, 7) is 4.29. The Morgan fingerprint density at radius 1 is 1.16 bits per heavy atom. The highest BCUT2D eigenvalue weighted by atomic mass is 16.3. The second-order valence-electron chi connectivity index (χ2n) is 10.5. The van der Waals surface area contributed by atoms with Crippen molar-refractivity contribution in [1.82, 2.24) is 33.1 Å². The normalized spacial score (nSPS) is 22.3. The number of carbonyl (C=O) groups excluding carboxylic acids is 1. The molecule has 0 spiro atoms. The van der Waals surface area contributed by atoms with Crippen molar-refractivity contribution in [1.29, 1.82) is 0 Å². The van der Waals surface area contributed by atoms with Crippen molar-refractivity contribution in [2.75, 3.05) is 13.1 Å². The van der Waals surface area contributed by atoms with E-state index in [1.54, 1.807) is 11.8 Å². The van der Waals surface area contributed by atoms with E-state index in [4.69, 9.17) is 0 Å². The Bertz CT molecular complexity index is 1640. The Balaban J connectivity index is 1.41. The first kappa shape index (κ1) is 25.9. The summed E-state index contributed by atoms with van der Waals surface area (Å²) in [7, 11) is 2.91. The van der Waals surface area contributed by atoms with Crippen LogP contribution in [0.25, 0.3) is 22.2 Å². The molecule has 38 heavy (non-hydrogen) atoms. The maximum Gasteiger partial charge on any atom is 0.332 e. The van der Waals surface area contributed by atoms with Crippen molar-refractivity contribution in [2.45, 2.75) is 57.4 Å². The summed E-state index contributed by atoms with van der Waals surface area (Å²) < 4.78 is 5.89. The smallest absolute Gasteiger partial charge is 0.332 e. The molecule has 12 nitrogen and oxygen atoms in total. The number of β-amino-alcohol motifs (C(OH)–C–C–N with tert-alkyl or cyclic N) is 1. The molecule has 1 aliphatic rings. The lowest BCUT2D eigenvalue weighted by molar-refractivity contribution is -0.133. The number of aliphatic hydroxyl groups excluding tert-OH is 1. The van der Waals surface area contributed by atoms with Gasteiger partial charge in [-0.2, -0.15) is 0 Å². The number of likely N-dealkylation sites (tertiary alicyclic amines) is 1. The van der Waals surface area contributed by atoms with Gasteiger partial charge in [-0.15, -0.1) is 0 Å². The summed E-state index contributed by atoms with van der Waals surface area (Å²) in [5.74, 6) is 0.724. The van der Waals surface area contributed by atoms with Crippen molar-refractivity contribution in [2.24, 2.45) is 14.1 Å². The van der Waals surface area contributed by atoms with Gasteiger partial charge in [-0.1, -0.05) is 12.1 Å². The molecule has 0 unspecified atom stereocenters. The minimum absolute atomic E-state index is 0.00736. The number of aromatic nitrogens is 6. The first-order valence-corrected chi connectivity index (χ1v) is 12.7. The zero-order chi connectivity index (χ0) is 27.4. The topological polar surface area (TPSA) is 140 Å². The lowest BCUT2D eigenvalue weighted by atomic mass is 9.91. The maximum atomic E-state index is 13.4. The number of rotatable bonds is 5. The van der Waals surface area contributed by atoms with Crippen LogP contribution in [0, 0.1) is 6.92 Å². The van der Waals surface area contributed by atoms with Crippen molar-refractivity contribution in [3.63, 3.8) is 0 Å². The van der Waals surface area contributed by atoms with Gasteiger partial charge in [0.25, 0.3) is 5.56 Å². The third-order valence-corrected chi connectivity index (χ3v) is 7.67. The summed E-state index contributed by atoms with van der Waals surface area (Å²) in [4.78, 5) is 49.2. The summed E-state index contributed by atoms with van der Waals surface area (Å²) in [5, 5.41) is 22.1. The monoisotopic (exact) mass is 523 g/mol. The third-order valence-electron chi connectivity index (χ3n) is 7.67. The molecule has 1 amide bonds. The summed E-state index contributed by atoms with van der Waals surface area (Å²) in [5.41, 5.74) is -0.217. The van der Waals surface area contributed by atoms with Gasteiger partial charge in [-0.3, -0.25) is 18.7 Å². The highest BCUT2D eigenvalue weighted by Crippen LogP contribution is 2.33. The SMILES string of the molecule is Cc1nc2ccccc2n1CCCC(=O)N1C[C@@H](O)C[C@@](C)(O)[C@H](n2cnc3c2c(=O)n(C)c(=O)n3C)C1. The van der Waals surface area contributed by atoms with Gasteiger partial charge in [-0.25, -0.2) is 14.8 Å². The van der Waals surface area contributed by atoms with E-state index in [0.29, 0.717) is 13.0 Å².